The fourth-order valence-corrected chi connectivity index (χ4v) is 4.71. The summed E-state index contributed by atoms with van der Waals surface area (Å²) in [6.45, 7) is 0.403. The fourth-order valence-electron chi connectivity index (χ4n) is 1.65. The molecule has 2 rings (SSSR count). The average molecular weight is 326 g/mol. The van der Waals surface area contributed by atoms with E-state index >= 15 is 0 Å². The van der Waals surface area contributed by atoms with Crippen LogP contribution in [0.15, 0.2) is 21.5 Å². The van der Waals surface area contributed by atoms with Crippen molar-refractivity contribution < 1.29 is 18.4 Å². The highest BCUT2D eigenvalue weighted by atomic mass is 35.5. The molecule has 2 heterocycles. The minimum Gasteiger partial charge on any atom is -0.409 e. The number of amidine groups is 1. The van der Waals surface area contributed by atoms with Crippen LogP contribution in [-0.4, -0.2) is 49.6 Å². The monoisotopic (exact) mass is 325 g/mol. The summed E-state index contributed by atoms with van der Waals surface area (Å²) in [6, 6.07) is 2.98. The van der Waals surface area contributed by atoms with E-state index in [-0.39, 0.29) is 29.7 Å². The summed E-state index contributed by atoms with van der Waals surface area (Å²) < 4.78 is 31.7. The van der Waals surface area contributed by atoms with E-state index < -0.39 is 16.1 Å². The molecule has 0 aliphatic carbocycles. The predicted molar refractivity (Wildman–Crippen MR) is 71.2 cm³/mol. The molecule has 1 atom stereocenters. The van der Waals surface area contributed by atoms with Gasteiger partial charge in [0.1, 0.15) is 10.3 Å². The largest absolute Gasteiger partial charge is 0.409 e. The Kier molecular flexibility index (Phi) is 4.31. The summed E-state index contributed by atoms with van der Waals surface area (Å²) >= 11 is 6.73. The fraction of sp³-hybridized carbons (Fsp3) is 0.444. The number of rotatable bonds is 3. The van der Waals surface area contributed by atoms with Crippen LogP contribution in [0.25, 0.3) is 0 Å². The summed E-state index contributed by atoms with van der Waals surface area (Å²) in [6.07, 6.45) is -0.746. The first-order valence-corrected chi connectivity index (χ1v) is 7.93. The van der Waals surface area contributed by atoms with Crippen molar-refractivity contribution in [1.82, 2.24) is 4.31 Å². The summed E-state index contributed by atoms with van der Waals surface area (Å²) in [5.41, 5.74) is 5.43. The standard InChI is InChI=1S/C9H12ClN3O4S2/c10-7-1-2-8(18-7)19(15,16)13-3-4-17-6(5-13)9(11)12-14/h1-2,6,14H,3-5H2,(H2,11,12). The zero-order valence-electron chi connectivity index (χ0n) is 9.69. The van der Waals surface area contributed by atoms with Gasteiger partial charge in [0, 0.05) is 13.1 Å². The smallest absolute Gasteiger partial charge is 0.252 e. The Labute approximate surface area is 119 Å². The van der Waals surface area contributed by atoms with Crippen molar-refractivity contribution >= 4 is 38.8 Å². The van der Waals surface area contributed by atoms with E-state index in [1.54, 1.807) is 0 Å². The molecule has 0 amide bonds. The molecule has 0 bridgehead atoms. The first-order chi connectivity index (χ1) is 8.95. The molecule has 1 unspecified atom stereocenters. The van der Waals surface area contributed by atoms with Crippen LogP contribution in [0.4, 0.5) is 0 Å². The number of ether oxygens (including phenoxy) is 1. The highest BCUT2D eigenvalue weighted by Crippen LogP contribution is 2.28. The maximum atomic E-state index is 12.3. The van der Waals surface area contributed by atoms with Crippen LogP contribution in [0.3, 0.4) is 0 Å². The summed E-state index contributed by atoms with van der Waals surface area (Å²) in [7, 11) is -3.62. The quantitative estimate of drug-likeness (QED) is 0.365. The first-order valence-electron chi connectivity index (χ1n) is 5.29. The number of halogens is 1. The summed E-state index contributed by atoms with van der Waals surface area (Å²) in [4.78, 5) is 0. The molecule has 1 aromatic rings. The molecule has 1 aromatic heterocycles. The molecule has 3 N–H and O–H groups in total. The molecule has 0 radical (unpaired) electrons. The van der Waals surface area contributed by atoms with Crippen molar-refractivity contribution in [2.24, 2.45) is 10.9 Å². The van der Waals surface area contributed by atoms with Crippen LogP contribution < -0.4 is 5.73 Å². The average Bonchev–Trinajstić information content (AvgIpc) is 2.85. The Morgan fingerprint density at radius 3 is 2.95 bits per heavy atom. The summed E-state index contributed by atoms with van der Waals surface area (Å²) in [5, 5.41) is 11.4. The van der Waals surface area contributed by atoms with Gasteiger partial charge in [-0.05, 0) is 12.1 Å². The molecule has 10 heteroatoms. The molecular weight excluding hydrogens is 314 g/mol. The zero-order valence-corrected chi connectivity index (χ0v) is 12.1. The number of sulfonamides is 1. The highest BCUT2D eigenvalue weighted by molar-refractivity contribution is 7.91. The topological polar surface area (TPSA) is 105 Å². The van der Waals surface area contributed by atoms with E-state index in [0.717, 1.165) is 11.3 Å². The normalized spacial score (nSPS) is 22.6. The molecule has 1 fully saturated rings. The van der Waals surface area contributed by atoms with Crippen molar-refractivity contribution in [3.05, 3.63) is 16.5 Å². The number of nitrogens with zero attached hydrogens (tertiary/aromatic N) is 2. The van der Waals surface area contributed by atoms with Crippen LogP contribution in [-0.2, 0) is 14.8 Å². The lowest BCUT2D eigenvalue weighted by atomic mass is 10.3. The van der Waals surface area contributed by atoms with Gasteiger partial charge in [0.15, 0.2) is 5.84 Å². The van der Waals surface area contributed by atoms with Crippen LogP contribution in [0.5, 0.6) is 0 Å². The van der Waals surface area contributed by atoms with Crippen LogP contribution >= 0.6 is 22.9 Å². The van der Waals surface area contributed by atoms with Crippen molar-refractivity contribution in [3.8, 4) is 0 Å². The molecule has 19 heavy (non-hydrogen) atoms. The van der Waals surface area contributed by atoms with Gasteiger partial charge in [-0.15, -0.1) is 11.3 Å². The van der Waals surface area contributed by atoms with Gasteiger partial charge < -0.3 is 15.7 Å². The lowest BCUT2D eigenvalue weighted by molar-refractivity contribution is 0.0355. The number of hydrogen-bond acceptors (Lipinski definition) is 6. The molecule has 0 aromatic carbocycles. The number of morpholine rings is 1. The molecule has 0 saturated carbocycles. The van der Waals surface area contributed by atoms with Gasteiger partial charge in [0.05, 0.1) is 10.9 Å². The second kappa shape index (κ2) is 5.63. The second-order valence-electron chi connectivity index (χ2n) is 3.81. The molecule has 0 spiro atoms. The number of thiophene rings is 1. The van der Waals surface area contributed by atoms with Crippen molar-refractivity contribution in [2.45, 2.75) is 10.3 Å². The van der Waals surface area contributed by atoms with Crippen LogP contribution in [0.1, 0.15) is 0 Å². The molecule has 1 aliphatic rings. The maximum absolute atomic E-state index is 12.3. The predicted octanol–water partition coefficient (Wildman–Crippen LogP) is 0.537. The highest BCUT2D eigenvalue weighted by Gasteiger charge is 2.33. The third-order valence-corrected chi connectivity index (χ3v) is 6.18. The Bertz CT molecular complexity index is 586. The minimum absolute atomic E-state index is 0.00768. The van der Waals surface area contributed by atoms with Crippen molar-refractivity contribution in [2.75, 3.05) is 19.7 Å². The van der Waals surface area contributed by atoms with E-state index in [1.165, 1.54) is 16.4 Å². The van der Waals surface area contributed by atoms with Gasteiger partial charge in [0.25, 0.3) is 10.0 Å². The Balaban J connectivity index is 2.21. The van der Waals surface area contributed by atoms with Gasteiger partial charge in [0.2, 0.25) is 0 Å². The van der Waals surface area contributed by atoms with Crippen LogP contribution in [0.2, 0.25) is 4.34 Å². The lowest BCUT2D eigenvalue weighted by Gasteiger charge is -2.30. The first kappa shape index (κ1) is 14.5. The SMILES string of the molecule is NC(=NO)C1CN(S(=O)(=O)c2ccc(Cl)s2)CCO1. The van der Waals surface area contributed by atoms with Crippen LogP contribution in [0, 0.1) is 0 Å². The molecule has 1 saturated heterocycles. The maximum Gasteiger partial charge on any atom is 0.252 e. The Morgan fingerprint density at radius 2 is 2.37 bits per heavy atom. The van der Waals surface area contributed by atoms with Gasteiger partial charge in [-0.1, -0.05) is 16.8 Å². The number of hydrogen-bond donors (Lipinski definition) is 2. The van der Waals surface area contributed by atoms with Crippen molar-refractivity contribution in [1.29, 1.82) is 0 Å². The molecule has 106 valence electrons. The van der Waals surface area contributed by atoms with E-state index in [0.29, 0.717) is 4.34 Å². The lowest BCUT2D eigenvalue weighted by Crippen LogP contribution is -2.50. The second-order valence-corrected chi connectivity index (χ2v) is 7.69. The van der Waals surface area contributed by atoms with Gasteiger partial charge >= 0.3 is 0 Å². The minimum atomic E-state index is -3.62. The van der Waals surface area contributed by atoms with E-state index in [9.17, 15) is 8.42 Å². The zero-order chi connectivity index (χ0) is 14.0. The van der Waals surface area contributed by atoms with Crippen molar-refractivity contribution in [3.63, 3.8) is 0 Å². The van der Waals surface area contributed by atoms with E-state index in [2.05, 4.69) is 5.16 Å². The number of oxime groups is 1. The molecule has 1 aliphatic heterocycles. The Hall–Kier alpha value is -0.870. The summed E-state index contributed by atoms with van der Waals surface area (Å²) in [5.74, 6) is -0.149. The third kappa shape index (κ3) is 3.00. The molecule has 7 nitrogen and oxygen atoms in total. The third-order valence-electron chi connectivity index (χ3n) is 2.62. The Morgan fingerprint density at radius 1 is 1.63 bits per heavy atom. The molecular formula is C9H12ClN3O4S2. The van der Waals surface area contributed by atoms with Gasteiger partial charge in [-0.2, -0.15) is 4.31 Å². The van der Waals surface area contributed by atoms with E-state index in [4.69, 9.17) is 27.3 Å². The van der Waals surface area contributed by atoms with Gasteiger partial charge in [-0.3, -0.25) is 0 Å². The van der Waals surface area contributed by atoms with E-state index in [1.807, 2.05) is 0 Å². The number of nitrogens with two attached hydrogens (primary N) is 1. The van der Waals surface area contributed by atoms with Gasteiger partial charge in [-0.25, -0.2) is 8.42 Å².